The number of aryl methyl sites for hydroxylation is 1. The van der Waals surface area contributed by atoms with E-state index in [-0.39, 0.29) is 17.9 Å². The van der Waals surface area contributed by atoms with Gasteiger partial charge >= 0.3 is 0 Å². The molecule has 10 nitrogen and oxygen atoms in total. The van der Waals surface area contributed by atoms with Gasteiger partial charge in [-0.1, -0.05) is 18.2 Å². The van der Waals surface area contributed by atoms with E-state index >= 15 is 0 Å². The van der Waals surface area contributed by atoms with Gasteiger partial charge in [0.1, 0.15) is 0 Å². The molecule has 0 spiro atoms. The summed E-state index contributed by atoms with van der Waals surface area (Å²) in [6.07, 6.45) is 6.22. The first kappa shape index (κ1) is 22.7. The van der Waals surface area contributed by atoms with Crippen molar-refractivity contribution in [3.63, 3.8) is 0 Å². The Bertz CT molecular complexity index is 1580. The minimum atomic E-state index is -0.257. The number of hydrogen-bond donors (Lipinski definition) is 3. The van der Waals surface area contributed by atoms with Gasteiger partial charge in [0.15, 0.2) is 11.5 Å². The molecule has 1 saturated heterocycles. The second-order valence-corrected chi connectivity index (χ2v) is 9.28. The van der Waals surface area contributed by atoms with Crippen molar-refractivity contribution in [2.45, 2.75) is 32.2 Å². The lowest BCUT2D eigenvalue weighted by Gasteiger charge is -2.34. The Kier molecular flexibility index (Phi) is 5.76. The first-order valence-electron chi connectivity index (χ1n) is 12.3. The van der Waals surface area contributed by atoms with Crippen LogP contribution in [0.5, 0.6) is 0 Å². The molecule has 186 valence electrons. The quantitative estimate of drug-likeness (QED) is 0.334. The predicted octanol–water partition coefficient (Wildman–Crippen LogP) is 4.40. The van der Waals surface area contributed by atoms with Crippen molar-refractivity contribution in [1.82, 2.24) is 35.1 Å². The molecule has 1 atom stereocenters. The first-order chi connectivity index (χ1) is 18.1. The zero-order chi connectivity index (χ0) is 25.4. The molecule has 1 unspecified atom stereocenters. The van der Waals surface area contributed by atoms with E-state index in [4.69, 9.17) is 0 Å². The third-order valence-electron chi connectivity index (χ3n) is 6.80. The van der Waals surface area contributed by atoms with E-state index in [0.717, 1.165) is 47.1 Å². The lowest BCUT2D eigenvalue weighted by Crippen LogP contribution is -2.39. The fourth-order valence-electron chi connectivity index (χ4n) is 4.93. The summed E-state index contributed by atoms with van der Waals surface area (Å²) in [6.45, 7) is 2.56. The zero-order valence-corrected chi connectivity index (χ0v) is 20.3. The molecule has 10 heteroatoms. The standard InChI is InChI=1S/C27H26N8O2/c1-17-13-18(14-19-16-28-32-25(17)19)26(36)29-24-15-22(30-31-24)23-9-5-6-11-34(23)27(37)21-10-12-35(33-21)20-7-3-2-4-8-20/h2-4,7-8,10,12-16,23H,5-6,9,11H2,1H3,(H,28,32)(H2,29,30,31,36). The van der Waals surface area contributed by atoms with Crippen molar-refractivity contribution in [3.05, 3.63) is 89.5 Å². The summed E-state index contributed by atoms with van der Waals surface area (Å²) in [5.74, 6) is 0.0343. The number of nitrogens with zero attached hydrogens (tertiary/aromatic N) is 5. The molecule has 0 radical (unpaired) electrons. The number of H-pyrrole nitrogens is 2. The largest absolute Gasteiger partial charge is 0.329 e. The third-order valence-corrected chi connectivity index (χ3v) is 6.80. The number of piperidine rings is 1. The van der Waals surface area contributed by atoms with Crippen molar-refractivity contribution in [2.24, 2.45) is 0 Å². The van der Waals surface area contributed by atoms with Crippen molar-refractivity contribution < 1.29 is 9.59 Å². The number of benzene rings is 2. The molecule has 4 heterocycles. The molecule has 2 aromatic carbocycles. The molecule has 1 aliphatic rings. The number of aromatic nitrogens is 6. The molecule has 3 N–H and O–H groups in total. The lowest BCUT2D eigenvalue weighted by molar-refractivity contribution is 0.0599. The number of rotatable bonds is 5. The molecular formula is C27H26N8O2. The number of likely N-dealkylation sites (tertiary alicyclic amines) is 1. The van der Waals surface area contributed by atoms with Gasteiger partial charge in [-0.05, 0) is 62.1 Å². The number of fused-ring (bicyclic) bond motifs is 1. The number of hydrogen-bond acceptors (Lipinski definition) is 5. The number of para-hydroxylation sites is 1. The molecular weight excluding hydrogens is 468 g/mol. The van der Waals surface area contributed by atoms with Crippen LogP contribution >= 0.6 is 0 Å². The fourth-order valence-corrected chi connectivity index (χ4v) is 4.93. The Morgan fingerprint density at radius 2 is 1.92 bits per heavy atom. The number of anilines is 1. The average molecular weight is 495 g/mol. The highest BCUT2D eigenvalue weighted by Crippen LogP contribution is 2.32. The van der Waals surface area contributed by atoms with E-state index in [0.29, 0.717) is 23.6 Å². The molecule has 0 bridgehead atoms. The molecule has 6 rings (SSSR count). The number of carbonyl (C=O) groups excluding carboxylic acids is 2. The van der Waals surface area contributed by atoms with Crippen LogP contribution in [0.2, 0.25) is 0 Å². The van der Waals surface area contributed by atoms with Crippen molar-refractivity contribution >= 4 is 28.5 Å². The summed E-state index contributed by atoms with van der Waals surface area (Å²) < 4.78 is 1.71. The van der Waals surface area contributed by atoms with Gasteiger partial charge in [-0.2, -0.15) is 15.3 Å². The second-order valence-electron chi connectivity index (χ2n) is 9.28. The van der Waals surface area contributed by atoms with E-state index in [2.05, 4.69) is 30.8 Å². The number of nitrogens with one attached hydrogen (secondary N) is 3. The zero-order valence-electron chi connectivity index (χ0n) is 20.3. The van der Waals surface area contributed by atoms with Crippen molar-refractivity contribution in [2.75, 3.05) is 11.9 Å². The topological polar surface area (TPSA) is 125 Å². The van der Waals surface area contributed by atoms with Crippen molar-refractivity contribution in [3.8, 4) is 5.69 Å². The van der Waals surface area contributed by atoms with E-state index in [1.54, 1.807) is 35.3 Å². The maximum Gasteiger partial charge on any atom is 0.274 e. The molecule has 5 aromatic rings. The number of amides is 2. The monoisotopic (exact) mass is 494 g/mol. The van der Waals surface area contributed by atoms with Crippen LogP contribution < -0.4 is 5.32 Å². The van der Waals surface area contributed by atoms with Gasteiger partial charge in [-0.3, -0.25) is 19.8 Å². The van der Waals surface area contributed by atoms with E-state index in [1.807, 2.05) is 48.2 Å². The SMILES string of the molecule is Cc1cc(C(=O)Nc2cc(C3CCCCN3C(=O)c3ccn(-c4ccccc4)n3)[nH]n2)cc2cn[nH]c12. The Balaban J connectivity index is 1.19. The maximum atomic E-state index is 13.5. The van der Waals surface area contributed by atoms with Gasteiger partial charge in [0.05, 0.1) is 29.1 Å². The Morgan fingerprint density at radius 1 is 1.05 bits per heavy atom. The van der Waals surface area contributed by atoms with Crippen LogP contribution in [0, 0.1) is 6.92 Å². The van der Waals surface area contributed by atoms with E-state index in [9.17, 15) is 9.59 Å². The summed E-state index contributed by atoms with van der Waals surface area (Å²) in [5.41, 5.74) is 4.46. The van der Waals surface area contributed by atoms with Gasteiger partial charge in [-0.15, -0.1) is 0 Å². The van der Waals surface area contributed by atoms with Crippen LogP contribution in [0.4, 0.5) is 5.82 Å². The molecule has 1 aliphatic heterocycles. The van der Waals surface area contributed by atoms with Gasteiger partial charge in [0, 0.05) is 29.8 Å². The second kappa shape index (κ2) is 9.38. The summed E-state index contributed by atoms with van der Waals surface area (Å²) in [4.78, 5) is 28.2. The average Bonchev–Trinajstić information content (AvgIpc) is 3.70. The minimum absolute atomic E-state index is 0.122. The smallest absolute Gasteiger partial charge is 0.274 e. The highest BCUT2D eigenvalue weighted by Gasteiger charge is 2.31. The molecule has 3 aromatic heterocycles. The van der Waals surface area contributed by atoms with Crippen LogP contribution in [0.3, 0.4) is 0 Å². The molecule has 1 fully saturated rings. The first-order valence-corrected chi connectivity index (χ1v) is 12.3. The third kappa shape index (κ3) is 4.37. The summed E-state index contributed by atoms with van der Waals surface area (Å²) in [5, 5.41) is 22.6. The summed E-state index contributed by atoms with van der Waals surface area (Å²) >= 11 is 0. The fraction of sp³-hybridized carbons (Fsp3) is 0.222. The van der Waals surface area contributed by atoms with Crippen LogP contribution in [0.25, 0.3) is 16.6 Å². The molecule has 0 aliphatic carbocycles. The maximum absolute atomic E-state index is 13.5. The van der Waals surface area contributed by atoms with Gasteiger partial charge < -0.3 is 10.2 Å². The number of aromatic amines is 2. The Labute approximate surface area is 212 Å². The van der Waals surface area contributed by atoms with E-state index in [1.165, 1.54) is 0 Å². The molecule has 2 amide bonds. The lowest BCUT2D eigenvalue weighted by atomic mass is 9.99. The highest BCUT2D eigenvalue weighted by atomic mass is 16.2. The van der Waals surface area contributed by atoms with Crippen LogP contribution in [-0.2, 0) is 0 Å². The highest BCUT2D eigenvalue weighted by molar-refractivity contribution is 6.06. The van der Waals surface area contributed by atoms with Gasteiger partial charge in [0.25, 0.3) is 11.8 Å². The Morgan fingerprint density at radius 3 is 2.78 bits per heavy atom. The summed E-state index contributed by atoms with van der Waals surface area (Å²) in [6, 6.07) is 16.7. The Hall–Kier alpha value is -4.73. The molecule has 37 heavy (non-hydrogen) atoms. The van der Waals surface area contributed by atoms with Crippen LogP contribution in [0.15, 0.2) is 67.0 Å². The van der Waals surface area contributed by atoms with Crippen molar-refractivity contribution in [1.29, 1.82) is 0 Å². The van der Waals surface area contributed by atoms with Crippen LogP contribution in [0.1, 0.15) is 57.4 Å². The molecule has 0 saturated carbocycles. The minimum Gasteiger partial charge on any atom is -0.329 e. The van der Waals surface area contributed by atoms with E-state index < -0.39 is 0 Å². The van der Waals surface area contributed by atoms with Gasteiger partial charge in [0.2, 0.25) is 0 Å². The normalized spacial score (nSPS) is 15.7. The summed E-state index contributed by atoms with van der Waals surface area (Å²) in [7, 11) is 0. The predicted molar refractivity (Wildman–Crippen MR) is 139 cm³/mol. The van der Waals surface area contributed by atoms with Gasteiger partial charge in [-0.25, -0.2) is 4.68 Å². The number of carbonyl (C=O) groups is 2. The van der Waals surface area contributed by atoms with Crippen LogP contribution in [-0.4, -0.2) is 53.4 Å².